The summed E-state index contributed by atoms with van der Waals surface area (Å²) < 4.78 is 65.5. The third-order valence-electron chi connectivity index (χ3n) is 2.20. The van der Waals surface area contributed by atoms with Crippen LogP contribution in [-0.4, -0.2) is 0 Å². The predicted octanol–water partition coefficient (Wildman–Crippen LogP) is 3.10. The van der Waals surface area contributed by atoms with E-state index in [0.29, 0.717) is 4.46 Å². The van der Waals surface area contributed by atoms with Gasteiger partial charge in [-0.2, -0.15) is 0 Å². The normalized spacial score (nSPS) is 11.6. The van der Waals surface area contributed by atoms with Crippen molar-refractivity contribution in [1.29, 1.82) is 0 Å². The molecule has 0 atom stereocenters. The van der Waals surface area contributed by atoms with Crippen LogP contribution in [0.1, 0.15) is 0 Å². The number of halogens is 6. The van der Waals surface area contributed by atoms with Gasteiger partial charge in [-0.3, -0.25) is 0 Å². The van der Waals surface area contributed by atoms with E-state index in [-0.39, 0.29) is 0 Å². The summed E-state index contributed by atoms with van der Waals surface area (Å²) >= 11 is -2.39. The SMILES string of the molecule is Fc1c(F)c(F)[c]([Fe]([Cl])[c]2ccccc2)c(F)c1F. The summed E-state index contributed by atoms with van der Waals surface area (Å²) in [6, 6.07) is 7.69. The van der Waals surface area contributed by atoms with Gasteiger partial charge in [0.2, 0.25) is 0 Å². The van der Waals surface area contributed by atoms with E-state index in [1.807, 2.05) is 0 Å². The van der Waals surface area contributed by atoms with Crippen LogP contribution in [0.2, 0.25) is 0 Å². The standard InChI is InChI=1S/C6F5.C6H5.ClH.Fe/c7-2-1-3(8)5(10)6(11)4(2)9;1-2-4-6-5-3-1;;/h;1-5H;1H;/q;;;+1/p-1. The molecular weight excluding hydrogens is 330 g/mol. The van der Waals surface area contributed by atoms with Gasteiger partial charge in [0.25, 0.3) is 0 Å². The van der Waals surface area contributed by atoms with Crippen molar-refractivity contribution < 1.29 is 34.9 Å². The van der Waals surface area contributed by atoms with E-state index in [2.05, 4.69) is 0 Å². The van der Waals surface area contributed by atoms with Gasteiger partial charge in [0.1, 0.15) is 0 Å². The molecule has 0 saturated heterocycles. The molecule has 2 aromatic rings. The topological polar surface area (TPSA) is 0 Å². The molecule has 2 rings (SSSR count). The van der Waals surface area contributed by atoms with Crippen LogP contribution in [-0.2, 0) is 13.0 Å². The molecule has 0 nitrogen and oxygen atoms in total. The van der Waals surface area contributed by atoms with Crippen molar-refractivity contribution in [2.45, 2.75) is 0 Å². The molecule has 0 saturated carbocycles. The van der Waals surface area contributed by atoms with Crippen molar-refractivity contribution in [2.75, 3.05) is 0 Å². The Balaban J connectivity index is 2.64. The Kier molecular flexibility index (Phi) is 4.13. The third kappa shape index (κ3) is 2.48. The zero-order chi connectivity index (χ0) is 14.2. The summed E-state index contributed by atoms with van der Waals surface area (Å²) in [7, 11) is 5.89. The second kappa shape index (κ2) is 5.49. The summed E-state index contributed by atoms with van der Waals surface area (Å²) in [4.78, 5) is 0. The number of rotatable bonds is 2. The van der Waals surface area contributed by atoms with Crippen LogP contribution in [0, 0.1) is 29.1 Å². The first-order chi connectivity index (χ1) is 8.95. The van der Waals surface area contributed by atoms with E-state index in [1.54, 1.807) is 18.2 Å². The number of hydrogen-bond acceptors (Lipinski definition) is 0. The molecule has 0 N–H and O–H groups in total. The number of benzene rings is 2. The Morgan fingerprint density at radius 1 is 0.684 bits per heavy atom. The molecule has 0 unspecified atom stereocenters. The van der Waals surface area contributed by atoms with Gasteiger partial charge >= 0.3 is 113 Å². The van der Waals surface area contributed by atoms with E-state index in [0.717, 1.165) is 0 Å². The molecule has 0 fully saturated rings. The van der Waals surface area contributed by atoms with Crippen molar-refractivity contribution in [1.82, 2.24) is 0 Å². The molecular formula is C12H5ClF5Fe. The Morgan fingerprint density at radius 2 is 1.11 bits per heavy atom. The fourth-order valence-corrected chi connectivity index (χ4v) is 3.70. The Labute approximate surface area is 113 Å². The van der Waals surface area contributed by atoms with Crippen molar-refractivity contribution in [3.63, 3.8) is 0 Å². The molecule has 0 bridgehead atoms. The minimum atomic E-state index is -2.39. The molecule has 19 heavy (non-hydrogen) atoms. The zero-order valence-electron chi connectivity index (χ0n) is 9.01. The van der Waals surface area contributed by atoms with Crippen LogP contribution in [0.25, 0.3) is 0 Å². The second-order valence-electron chi connectivity index (χ2n) is 3.38. The minimum absolute atomic E-state index is 0.312. The quantitative estimate of drug-likeness (QED) is 0.342. The van der Waals surface area contributed by atoms with Gasteiger partial charge in [0.05, 0.1) is 0 Å². The van der Waals surface area contributed by atoms with Crippen molar-refractivity contribution in [2.24, 2.45) is 0 Å². The molecule has 0 aromatic heterocycles. The maximum absolute atomic E-state index is 13.6. The Morgan fingerprint density at radius 3 is 1.58 bits per heavy atom. The van der Waals surface area contributed by atoms with Crippen LogP contribution < -0.4 is 8.92 Å². The van der Waals surface area contributed by atoms with Crippen LogP contribution in [0.5, 0.6) is 0 Å². The zero-order valence-corrected chi connectivity index (χ0v) is 10.9. The average Bonchev–Trinajstić information content (AvgIpc) is 2.44. The molecule has 7 heteroatoms. The van der Waals surface area contributed by atoms with Gasteiger partial charge in [0, 0.05) is 0 Å². The monoisotopic (exact) mass is 335 g/mol. The molecule has 0 spiro atoms. The summed E-state index contributed by atoms with van der Waals surface area (Å²) in [6.45, 7) is 0. The van der Waals surface area contributed by atoms with Crippen LogP contribution in [0.15, 0.2) is 30.3 Å². The molecule has 0 heterocycles. The maximum atomic E-state index is 13.6. The van der Waals surface area contributed by atoms with E-state index < -0.39 is 46.5 Å². The Bertz CT molecular complexity index is 588. The van der Waals surface area contributed by atoms with Crippen LogP contribution in [0.4, 0.5) is 22.0 Å². The molecule has 0 aliphatic carbocycles. The predicted molar refractivity (Wildman–Crippen MR) is 57.8 cm³/mol. The molecule has 2 aromatic carbocycles. The van der Waals surface area contributed by atoms with Crippen molar-refractivity contribution >= 4 is 19.0 Å². The summed E-state index contributed by atoms with van der Waals surface area (Å²) in [5.74, 6) is -9.91. The van der Waals surface area contributed by atoms with Gasteiger partial charge in [-0.15, -0.1) is 0 Å². The van der Waals surface area contributed by atoms with Crippen LogP contribution >= 0.6 is 10.1 Å². The van der Waals surface area contributed by atoms with Gasteiger partial charge in [-0.1, -0.05) is 0 Å². The first kappa shape index (κ1) is 14.3. The van der Waals surface area contributed by atoms with E-state index >= 15 is 0 Å². The molecule has 103 valence electrons. The third-order valence-corrected chi connectivity index (χ3v) is 5.29. The van der Waals surface area contributed by atoms with Gasteiger partial charge < -0.3 is 0 Å². The van der Waals surface area contributed by atoms with Crippen molar-refractivity contribution in [3.05, 3.63) is 59.4 Å². The van der Waals surface area contributed by atoms with Crippen LogP contribution in [0.3, 0.4) is 0 Å². The first-order valence-corrected chi connectivity index (χ1v) is 7.47. The summed E-state index contributed by atoms with van der Waals surface area (Å²) in [5.41, 5.74) is 0. The molecule has 0 radical (unpaired) electrons. The van der Waals surface area contributed by atoms with Crippen molar-refractivity contribution in [3.8, 4) is 0 Å². The van der Waals surface area contributed by atoms with Gasteiger partial charge in [-0.05, 0) is 0 Å². The molecule has 0 amide bonds. The Hall–Kier alpha value is -1.10. The van der Waals surface area contributed by atoms with Gasteiger partial charge in [0.15, 0.2) is 0 Å². The van der Waals surface area contributed by atoms with E-state index in [1.165, 1.54) is 12.1 Å². The fourth-order valence-electron chi connectivity index (χ4n) is 1.32. The van der Waals surface area contributed by atoms with E-state index in [9.17, 15) is 22.0 Å². The second-order valence-corrected chi connectivity index (χ2v) is 6.36. The molecule has 0 aliphatic heterocycles. The fraction of sp³-hybridized carbons (Fsp3) is 0. The average molecular weight is 335 g/mol. The summed E-state index contributed by atoms with van der Waals surface area (Å²) in [6.07, 6.45) is 0. The molecule has 0 aliphatic rings. The van der Waals surface area contributed by atoms with E-state index in [4.69, 9.17) is 10.1 Å². The summed E-state index contributed by atoms with van der Waals surface area (Å²) in [5, 5.41) is 0. The first-order valence-electron chi connectivity index (χ1n) is 4.84. The number of hydrogen-bond donors (Lipinski definition) is 0. The van der Waals surface area contributed by atoms with Gasteiger partial charge in [-0.25, -0.2) is 0 Å².